The summed E-state index contributed by atoms with van der Waals surface area (Å²) in [5.41, 5.74) is 1.05. The first kappa shape index (κ1) is 26.4. The zero-order valence-electron chi connectivity index (χ0n) is 20.3. The van der Waals surface area contributed by atoms with E-state index in [0.29, 0.717) is 24.3 Å². The first-order chi connectivity index (χ1) is 18.7. The first-order valence-corrected chi connectivity index (χ1v) is 12.0. The van der Waals surface area contributed by atoms with E-state index in [0.717, 1.165) is 10.9 Å². The highest BCUT2D eigenvalue weighted by Crippen LogP contribution is 2.24. The number of ether oxygens (including phenoxy) is 1. The summed E-state index contributed by atoms with van der Waals surface area (Å²) in [4.78, 5) is 31.7. The fraction of sp³-hybridized carbons (Fsp3) is 0.292. The number of nitrogens with zero attached hydrogens (tertiary/aromatic N) is 7. The average molecular weight is 561 g/mol. The molecule has 202 valence electrons. The summed E-state index contributed by atoms with van der Waals surface area (Å²) in [7, 11) is 0. The minimum absolute atomic E-state index is 0.0289. The van der Waals surface area contributed by atoms with Crippen molar-refractivity contribution in [3.05, 3.63) is 81.3 Å². The van der Waals surface area contributed by atoms with Crippen molar-refractivity contribution < 1.29 is 27.5 Å². The molecule has 0 spiro atoms. The molecular formula is C24H20ClF3N8O3. The summed E-state index contributed by atoms with van der Waals surface area (Å²) in [5.74, 6) is -2.22. The molecule has 11 nitrogen and oxygen atoms in total. The van der Waals surface area contributed by atoms with Gasteiger partial charge in [0.2, 0.25) is 5.82 Å². The number of alkyl halides is 2. The second kappa shape index (κ2) is 10.9. The van der Waals surface area contributed by atoms with Gasteiger partial charge in [0.05, 0.1) is 30.0 Å². The number of carbonyl (C=O) groups is 2. The molecule has 1 N–H and O–H groups in total. The van der Waals surface area contributed by atoms with Gasteiger partial charge in [-0.05, 0) is 53.6 Å². The van der Waals surface area contributed by atoms with E-state index in [9.17, 15) is 22.8 Å². The summed E-state index contributed by atoms with van der Waals surface area (Å²) in [6.07, 6.45) is -1.72. The Labute approximate surface area is 223 Å². The van der Waals surface area contributed by atoms with Crippen molar-refractivity contribution in [2.24, 2.45) is 0 Å². The van der Waals surface area contributed by atoms with Crippen LogP contribution in [0, 0.1) is 12.7 Å². The lowest BCUT2D eigenvalue weighted by Gasteiger charge is -2.27. The molecule has 0 radical (unpaired) electrons. The minimum atomic E-state index is -2.90. The van der Waals surface area contributed by atoms with Crippen LogP contribution in [0.2, 0.25) is 5.02 Å². The van der Waals surface area contributed by atoms with Crippen molar-refractivity contribution >= 4 is 23.3 Å². The van der Waals surface area contributed by atoms with Gasteiger partial charge in [0, 0.05) is 18.2 Å². The molecule has 0 unspecified atom stereocenters. The monoisotopic (exact) mass is 560 g/mol. The van der Waals surface area contributed by atoms with E-state index in [1.807, 2.05) is 0 Å². The fourth-order valence-electron chi connectivity index (χ4n) is 4.00. The summed E-state index contributed by atoms with van der Waals surface area (Å²) in [6.45, 7) is 2.12. The van der Waals surface area contributed by atoms with Crippen LogP contribution in [-0.2, 0) is 17.7 Å². The van der Waals surface area contributed by atoms with E-state index in [1.165, 1.54) is 23.0 Å². The second-order valence-corrected chi connectivity index (χ2v) is 9.18. The maximum Gasteiger partial charge on any atom is 0.301 e. The third-order valence-electron chi connectivity index (χ3n) is 5.95. The van der Waals surface area contributed by atoms with Gasteiger partial charge < -0.3 is 10.1 Å². The van der Waals surface area contributed by atoms with Crippen LogP contribution in [0.3, 0.4) is 0 Å². The normalized spacial score (nSPS) is 13.5. The van der Waals surface area contributed by atoms with Gasteiger partial charge in [0.25, 0.3) is 5.91 Å². The van der Waals surface area contributed by atoms with Crippen LogP contribution in [0.25, 0.3) is 5.82 Å². The minimum Gasteiger partial charge on any atom is -0.377 e. The Balaban J connectivity index is 1.50. The second-order valence-electron chi connectivity index (χ2n) is 8.78. The SMILES string of the molecule is Cc1cc(F)cc(C(=O)NC2COC2)c1CC(=O)c1cc(Cn2nnc(C(F)F)n2)nn1-c1ncccc1Cl. The molecule has 0 saturated carbocycles. The number of nitrogens with one attached hydrogen (secondary N) is 1. The number of halogens is 4. The zero-order valence-corrected chi connectivity index (χ0v) is 21.1. The number of rotatable bonds is 9. The van der Waals surface area contributed by atoms with E-state index >= 15 is 0 Å². The van der Waals surface area contributed by atoms with Crippen LogP contribution in [0.15, 0.2) is 36.5 Å². The molecule has 39 heavy (non-hydrogen) atoms. The Kier molecular flexibility index (Phi) is 7.39. The highest BCUT2D eigenvalue weighted by atomic mass is 35.5. The number of amides is 1. The molecule has 4 heterocycles. The molecule has 1 aliphatic rings. The molecule has 15 heteroatoms. The maximum absolute atomic E-state index is 14.3. The van der Waals surface area contributed by atoms with Crippen molar-refractivity contribution in [2.75, 3.05) is 13.2 Å². The fourth-order valence-corrected chi connectivity index (χ4v) is 4.20. The Morgan fingerprint density at radius 2 is 2.03 bits per heavy atom. The largest absolute Gasteiger partial charge is 0.377 e. The number of aryl methyl sites for hydroxylation is 1. The number of carbonyl (C=O) groups excluding carboxylic acids is 2. The van der Waals surface area contributed by atoms with Gasteiger partial charge in [-0.15, -0.1) is 10.2 Å². The lowest BCUT2D eigenvalue weighted by Crippen LogP contribution is -2.48. The molecule has 0 aliphatic carbocycles. The van der Waals surface area contributed by atoms with E-state index < -0.39 is 29.8 Å². The molecule has 3 aromatic heterocycles. The summed E-state index contributed by atoms with van der Waals surface area (Å²) in [6, 6.07) is 6.70. The molecule has 1 fully saturated rings. The predicted octanol–water partition coefficient (Wildman–Crippen LogP) is 2.89. The van der Waals surface area contributed by atoms with Crippen LogP contribution in [0.1, 0.15) is 49.9 Å². The van der Waals surface area contributed by atoms with Gasteiger partial charge >= 0.3 is 6.43 Å². The van der Waals surface area contributed by atoms with Gasteiger partial charge in [0.15, 0.2) is 11.6 Å². The average Bonchev–Trinajstić information content (AvgIpc) is 3.51. The van der Waals surface area contributed by atoms with Gasteiger partial charge in [-0.3, -0.25) is 9.59 Å². The lowest BCUT2D eigenvalue weighted by molar-refractivity contribution is -0.00348. The molecule has 5 rings (SSSR count). The highest BCUT2D eigenvalue weighted by molar-refractivity contribution is 6.32. The zero-order chi connectivity index (χ0) is 27.7. The number of benzene rings is 1. The van der Waals surface area contributed by atoms with Gasteiger partial charge in [-0.25, -0.2) is 22.8 Å². The Morgan fingerprint density at radius 1 is 1.23 bits per heavy atom. The number of Topliss-reactive ketones (excluding diaryl/α,β-unsaturated/α-hetero) is 1. The molecule has 1 aromatic carbocycles. The first-order valence-electron chi connectivity index (χ1n) is 11.7. The maximum atomic E-state index is 14.3. The molecule has 0 bridgehead atoms. The third-order valence-corrected chi connectivity index (χ3v) is 6.24. The Bertz CT molecular complexity index is 1550. The Hall–Kier alpha value is -4.17. The van der Waals surface area contributed by atoms with Crippen molar-refractivity contribution in [1.82, 2.24) is 40.3 Å². The smallest absolute Gasteiger partial charge is 0.301 e. The van der Waals surface area contributed by atoms with Crippen LogP contribution in [0.4, 0.5) is 13.2 Å². The van der Waals surface area contributed by atoms with E-state index in [4.69, 9.17) is 16.3 Å². The number of hydrogen-bond acceptors (Lipinski definition) is 8. The number of pyridine rings is 1. The topological polar surface area (TPSA) is 130 Å². The van der Waals surface area contributed by atoms with E-state index in [-0.39, 0.29) is 46.8 Å². The third kappa shape index (κ3) is 5.66. The number of ketones is 1. The van der Waals surface area contributed by atoms with Crippen LogP contribution >= 0.6 is 11.6 Å². The van der Waals surface area contributed by atoms with Gasteiger partial charge in [0.1, 0.15) is 18.1 Å². The van der Waals surface area contributed by atoms with E-state index in [2.05, 4.69) is 30.8 Å². The molecular weight excluding hydrogens is 541 g/mol. The van der Waals surface area contributed by atoms with Crippen molar-refractivity contribution in [2.45, 2.75) is 32.4 Å². The summed E-state index contributed by atoms with van der Waals surface area (Å²) < 4.78 is 46.3. The summed E-state index contributed by atoms with van der Waals surface area (Å²) >= 11 is 6.32. The molecule has 1 saturated heterocycles. The van der Waals surface area contributed by atoms with Crippen LogP contribution in [-0.4, -0.2) is 65.9 Å². The Morgan fingerprint density at radius 3 is 2.69 bits per heavy atom. The molecule has 0 atom stereocenters. The van der Waals surface area contributed by atoms with Crippen LogP contribution in [0.5, 0.6) is 0 Å². The van der Waals surface area contributed by atoms with Crippen molar-refractivity contribution in [3.63, 3.8) is 0 Å². The van der Waals surface area contributed by atoms with Gasteiger partial charge in [-0.2, -0.15) is 9.90 Å². The quantitative estimate of drug-likeness (QED) is 0.309. The van der Waals surface area contributed by atoms with Crippen LogP contribution < -0.4 is 5.32 Å². The summed E-state index contributed by atoms with van der Waals surface area (Å²) in [5, 5.41) is 17.8. The van der Waals surface area contributed by atoms with Crippen molar-refractivity contribution in [1.29, 1.82) is 0 Å². The van der Waals surface area contributed by atoms with Crippen molar-refractivity contribution in [3.8, 4) is 5.82 Å². The molecule has 1 amide bonds. The van der Waals surface area contributed by atoms with E-state index in [1.54, 1.807) is 19.1 Å². The highest BCUT2D eigenvalue weighted by Gasteiger charge is 2.26. The number of tetrazole rings is 1. The lowest BCUT2D eigenvalue weighted by atomic mass is 9.95. The number of aromatic nitrogens is 7. The molecule has 4 aromatic rings. The van der Waals surface area contributed by atoms with Gasteiger partial charge in [-0.1, -0.05) is 11.6 Å². The standard InChI is InChI=1S/C24H20ClF3N8O3/c1-12-5-13(26)6-17(24(38)30-15-10-39-11-15)16(12)8-20(37)19-7-14(9-35-33-22(21(27)28)31-34-35)32-36(19)23-18(25)3-2-4-29-23/h2-7,15,21H,8-11H2,1H3,(H,30,38). The number of hydrogen-bond donors (Lipinski definition) is 1. The molecule has 1 aliphatic heterocycles. The predicted molar refractivity (Wildman–Crippen MR) is 129 cm³/mol.